The first-order chi connectivity index (χ1) is 6.05. The van der Waals surface area contributed by atoms with Crippen LogP contribution in [0, 0.1) is 0 Å². The molecule has 0 saturated carbocycles. The quantitative estimate of drug-likeness (QED) is 0.707. The van der Waals surface area contributed by atoms with Crippen LogP contribution >= 0.6 is 0 Å². The van der Waals surface area contributed by atoms with Gasteiger partial charge in [-0.05, 0) is 16.5 Å². The van der Waals surface area contributed by atoms with Gasteiger partial charge in [-0.15, -0.1) is 0 Å². The van der Waals surface area contributed by atoms with Gasteiger partial charge in [0.1, 0.15) is 0 Å². The number of hydrogen-bond donors (Lipinski definition) is 1. The molecule has 13 heavy (non-hydrogen) atoms. The van der Waals surface area contributed by atoms with E-state index in [0.29, 0.717) is 6.61 Å². The molecule has 0 aromatic heterocycles. The second-order valence-electron chi connectivity index (χ2n) is 4.22. The molecule has 2 nitrogen and oxygen atoms in total. The van der Waals surface area contributed by atoms with Crippen molar-refractivity contribution in [1.29, 1.82) is 0 Å². The normalized spacial score (nSPS) is 11.7. The third-order valence-corrected chi connectivity index (χ3v) is 2.06. The molecule has 0 fully saturated rings. The Morgan fingerprint density at radius 2 is 1.85 bits per heavy atom. The highest BCUT2D eigenvalue weighted by Gasteiger charge is 2.16. The Morgan fingerprint density at radius 1 is 1.23 bits per heavy atom. The fourth-order valence-electron chi connectivity index (χ4n) is 1.47. The van der Waals surface area contributed by atoms with Crippen LogP contribution in [0.25, 0.3) is 0 Å². The number of benzene rings is 1. The molecule has 0 amide bonds. The molecule has 0 spiro atoms. The molecule has 0 aliphatic heterocycles. The summed E-state index contributed by atoms with van der Waals surface area (Å²) in [6.45, 7) is 7.03. The van der Waals surface area contributed by atoms with Crippen molar-refractivity contribution >= 4 is 0 Å². The molecular weight excluding hydrogens is 162 g/mol. The van der Waals surface area contributed by atoms with Gasteiger partial charge in [-0.1, -0.05) is 45.0 Å². The van der Waals surface area contributed by atoms with Gasteiger partial charge in [0.25, 0.3) is 0 Å². The lowest BCUT2D eigenvalue weighted by Crippen LogP contribution is -2.15. The second-order valence-corrected chi connectivity index (χ2v) is 4.22. The number of rotatable bonds is 2. The predicted molar refractivity (Wildman–Crippen MR) is 54.1 cm³/mol. The number of nitrogens with two attached hydrogens (primary N) is 1. The fourth-order valence-corrected chi connectivity index (χ4v) is 1.47. The van der Waals surface area contributed by atoms with Gasteiger partial charge in [0.15, 0.2) is 0 Å². The van der Waals surface area contributed by atoms with Crippen LogP contribution in [0.4, 0.5) is 0 Å². The molecule has 0 radical (unpaired) electrons. The van der Waals surface area contributed by atoms with Gasteiger partial charge in [-0.2, -0.15) is 0 Å². The third kappa shape index (κ3) is 2.54. The van der Waals surface area contributed by atoms with Crippen molar-refractivity contribution in [1.82, 2.24) is 0 Å². The van der Waals surface area contributed by atoms with Gasteiger partial charge < -0.3 is 0 Å². The van der Waals surface area contributed by atoms with Crippen LogP contribution in [0.2, 0.25) is 0 Å². The molecule has 0 atom stereocenters. The van der Waals surface area contributed by atoms with E-state index in [1.165, 1.54) is 5.56 Å². The molecule has 0 unspecified atom stereocenters. The third-order valence-electron chi connectivity index (χ3n) is 2.06. The molecule has 0 bridgehead atoms. The van der Waals surface area contributed by atoms with Crippen LogP contribution in [0.15, 0.2) is 24.3 Å². The minimum absolute atomic E-state index is 0.148. The first kappa shape index (κ1) is 10.2. The molecule has 0 aliphatic rings. The Kier molecular flexibility index (Phi) is 3.07. The minimum atomic E-state index is 0.148. The van der Waals surface area contributed by atoms with Crippen molar-refractivity contribution < 1.29 is 4.84 Å². The lowest BCUT2D eigenvalue weighted by molar-refractivity contribution is 0.123. The van der Waals surface area contributed by atoms with E-state index in [0.717, 1.165) is 5.56 Å². The zero-order valence-corrected chi connectivity index (χ0v) is 8.50. The fraction of sp³-hybridized carbons (Fsp3) is 0.455. The van der Waals surface area contributed by atoms with E-state index in [1.54, 1.807) is 0 Å². The van der Waals surface area contributed by atoms with Crippen molar-refractivity contribution in [2.75, 3.05) is 0 Å². The summed E-state index contributed by atoms with van der Waals surface area (Å²) in [7, 11) is 0. The Labute approximate surface area is 79.7 Å². The average Bonchev–Trinajstić information content (AvgIpc) is 2.04. The molecule has 0 saturated heterocycles. The van der Waals surface area contributed by atoms with Crippen LogP contribution in [-0.4, -0.2) is 0 Å². The van der Waals surface area contributed by atoms with Crippen molar-refractivity contribution in [3.8, 4) is 0 Å². The van der Waals surface area contributed by atoms with E-state index < -0.39 is 0 Å². The zero-order chi connectivity index (χ0) is 9.90. The van der Waals surface area contributed by atoms with Crippen molar-refractivity contribution in [3.63, 3.8) is 0 Å². The van der Waals surface area contributed by atoms with Gasteiger partial charge in [0, 0.05) is 0 Å². The zero-order valence-electron chi connectivity index (χ0n) is 8.50. The Morgan fingerprint density at radius 3 is 2.38 bits per heavy atom. The van der Waals surface area contributed by atoms with E-state index in [1.807, 2.05) is 18.2 Å². The maximum absolute atomic E-state index is 5.07. The topological polar surface area (TPSA) is 35.2 Å². The van der Waals surface area contributed by atoms with Gasteiger partial charge >= 0.3 is 0 Å². The van der Waals surface area contributed by atoms with E-state index >= 15 is 0 Å². The summed E-state index contributed by atoms with van der Waals surface area (Å²) >= 11 is 0. The first-order valence-corrected chi connectivity index (χ1v) is 4.46. The van der Waals surface area contributed by atoms with Crippen molar-refractivity contribution in [3.05, 3.63) is 35.4 Å². The van der Waals surface area contributed by atoms with E-state index in [9.17, 15) is 0 Å². The van der Waals surface area contributed by atoms with E-state index in [2.05, 4.69) is 31.7 Å². The molecule has 2 heteroatoms. The molecule has 0 heterocycles. The summed E-state index contributed by atoms with van der Waals surface area (Å²) in [4.78, 5) is 4.66. The van der Waals surface area contributed by atoms with Crippen LogP contribution in [-0.2, 0) is 16.9 Å². The second kappa shape index (κ2) is 3.90. The monoisotopic (exact) mass is 179 g/mol. The molecule has 1 aromatic carbocycles. The summed E-state index contributed by atoms with van der Waals surface area (Å²) in [6.07, 6.45) is 0. The maximum atomic E-state index is 5.07. The molecule has 72 valence electrons. The van der Waals surface area contributed by atoms with Crippen LogP contribution < -0.4 is 5.90 Å². The van der Waals surface area contributed by atoms with Crippen LogP contribution in [0.3, 0.4) is 0 Å². The van der Waals surface area contributed by atoms with Crippen molar-refractivity contribution in [2.45, 2.75) is 32.8 Å². The Bertz CT molecular complexity index is 276. The van der Waals surface area contributed by atoms with Gasteiger partial charge in [0.2, 0.25) is 0 Å². The van der Waals surface area contributed by atoms with Crippen LogP contribution in [0.5, 0.6) is 0 Å². The standard InChI is InChI=1S/C11H17NO/c1-11(2,3)10-7-5-4-6-9(10)8-13-12/h4-7H,8,12H2,1-3H3. The average molecular weight is 179 g/mol. The lowest BCUT2D eigenvalue weighted by Gasteiger charge is -2.22. The largest absolute Gasteiger partial charge is 0.300 e. The smallest absolute Gasteiger partial charge is 0.0932 e. The molecule has 1 rings (SSSR count). The van der Waals surface area contributed by atoms with Gasteiger partial charge in [0.05, 0.1) is 6.61 Å². The summed E-state index contributed by atoms with van der Waals surface area (Å²) in [5, 5.41) is 0. The highest BCUT2D eigenvalue weighted by Crippen LogP contribution is 2.25. The van der Waals surface area contributed by atoms with Crippen LogP contribution in [0.1, 0.15) is 31.9 Å². The summed E-state index contributed by atoms with van der Waals surface area (Å²) in [5.74, 6) is 5.07. The summed E-state index contributed by atoms with van der Waals surface area (Å²) in [5.41, 5.74) is 2.60. The lowest BCUT2D eigenvalue weighted by atomic mass is 9.84. The number of hydrogen-bond acceptors (Lipinski definition) is 2. The highest BCUT2D eigenvalue weighted by atomic mass is 16.6. The first-order valence-electron chi connectivity index (χ1n) is 4.46. The minimum Gasteiger partial charge on any atom is -0.300 e. The Balaban J connectivity index is 3.05. The molecule has 0 aliphatic carbocycles. The molecule has 2 N–H and O–H groups in total. The van der Waals surface area contributed by atoms with Gasteiger partial charge in [-0.25, -0.2) is 5.90 Å². The van der Waals surface area contributed by atoms with E-state index in [-0.39, 0.29) is 5.41 Å². The Hall–Kier alpha value is -0.860. The molecular formula is C11H17NO. The SMILES string of the molecule is CC(C)(C)c1ccccc1CON. The van der Waals surface area contributed by atoms with E-state index in [4.69, 9.17) is 5.90 Å². The van der Waals surface area contributed by atoms with Crippen molar-refractivity contribution in [2.24, 2.45) is 5.90 Å². The summed E-state index contributed by atoms with van der Waals surface area (Å²) in [6, 6.07) is 8.21. The van der Waals surface area contributed by atoms with Gasteiger partial charge in [-0.3, -0.25) is 4.84 Å². The predicted octanol–water partition coefficient (Wildman–Crippen LogP) is 2.37. The highest BCUT2D eigenvalue weighted by molar-refractivity contribution is 5.32. The summed E-state index contributed by atoms with van der Waals surface area (Å²) < 4.78 is 0. The maximum Gasteiger partial charge on any atom is 0.0932 e. The molecule has 1 aromatic rings.